The van der Waals surface area contributed by atoms with Crippen LogP contribution in [0.15, 0.2) is 17.1 Å². The predicted molar refractivity (Wildman–Crippen MR) is 115 cm³/mol. The van der Waals surface area contributed by atoms with Gasteiger partial charge in [-0.25, -0.2) is 9.18 Å². The third-order valence-corrected chi connectivity index (χ3v) is 7.15. The van der Waals surface area contributed by atoms with Crippen molar-refractivity contribution in [1.82, 2.24) is 9.88 Å². The molecule has 0 unspecified atom stereocenters. The van der Waals surface area contributed by atoms with Crippen LogP contribution in [-0.2, 0) is 0 Å². The summed E-state index contributed by atoms with van der Waals surface area (Å²) in [6, 6.07) is 1.44. The third kappa shape index (κ3) is 3.51. The number of carbonyl (C=O) groups is 1. The highest BCUT2D eigenvalue weighted by atomic mass is 35.5. The molecule has 0 radical (unpaired) electrons. The summed E-state index contributed by atoms with van der Waals surface area (Å²) < 4.78 is 16.9. The van der Waals surface area contributed by atoms with E-state index in [-0.39, 0.29) is 33.7 Å². The Balaban J connectivity index is 1.89. The molecule has 1 saturated carbocycles. The van der Waals surface area contributed by atoms with Gasteiger partial charge < -0.3 is 19.9 Å². The van der Waals surface area contributed by atoms with E-state index in [4.69, 9.17) is 11.6 Å². The molecule has 2 fully saturated rings. The summed E-state index contributed by atoms with van der Waals surface area (Å²) in [6.07, 6.45) is 5.14. The maximum Gasteiger partial charge on any atom is 0.341 e. The molecule has 4 rings (SSSR count). The van der Waals surface area contributed by atoms with E-state index in [0.717, 1.165) is 25.5 Å². The fourth-order valence-electron chi connectivity index (χ4n) is 4.17. The Bertz CT molecular complexity index is 1040. The van der Waals surface area contributed by atoms with Crippen LogP contribution < -0.4 is 15.6 Å². The lowest BCUT2D eigenvalue weighted by Crippen LogP contribution is -2.37. The number of anilines is 1. The maximum absolute atomic E-state index is 15.2. The molecule has 1 saturated heterocycles. The summed E-state index contributed by atoms with van der Waals surface area (Å²) in [7, 11) is 0. The summed E-state index contributed by atoms with van der Waals surface area (Å²) in [6.45, 7) is 4.12. The molecule has 1 aliphatic carbocycles. The Kier molecular flexibility index (Phi) is 5.52. The lowest BCUT2D eigenvalue weighted by atomic mass is 10.1. The molecule has 1 aliphatic heterocycles. The highest BCUT2D eigenvalue weighted by molar-refractivity contribution is 7.99. The number of hydrogen-bond acceptors (Lipinski definition) is 5. The molecule has 2 N–H and O–H groups in total. The average molecular weight is 440 g/mol. The minimum absolute atomic E-state index is 0.0203. The van der Waals surface area contributed by atoms with Crippen molar-refractivity contribution in [2.75, 3.05) is 30.8 Å². The normalized spacial score (nSPS) is 21.9. The second-order valence-electron chi connectivity index (χ2n) is 7.58. The molecule has 29 heavy (non-hydrogen) atoms. The molecule has 2 heterocycles. The second kappa shape index (κ2) is 7.81. The van der Waals surface area contributed by atoms with Crippen LogP contribution in [-0.4, -0.2) is 52.8 Å². The molecule has 1 aromatic heterocycles. The van der Waals surface area contributed by atoms with Crippen molar-refractivity contribution < 1.29 is 14.3 Å². The topological polar surface area (TPSA) is 74.6 Å². The standard InChI is InChI=1S/C20H23ClFN3O3S/c1-3-23-14-8-24(9-15(14)29-2)18-13(22)6-11-17(16(18)21)25(10-4-5-10)7-12(19(11)26)20(27)28/h6-7,10,14-15,23H,3-5,8-9H2,1-2H3,(H,27,28)/t14-,15-/m1/s1. The van der Waals surface area contributed by atoms with Crippen molar-refractivity contribution in [1.29, 1.82) is 0 Å². The molecule has 1 aromatic carbocycles. The third-order valence-electron chi connectivity index (χ3n) is 5.71. The number of likely N-dealkylation sites (N-methyl/N-ethyl adjacent to an activating group) is 1. The first-order valence-electron chi connectivity index (χ1n) is 9.68. The number of fused-ring (bicyclic) bond motifs is 1. The second-order valence-corrected chi connectivity index (χ2v) is 9.03. The summed E-state index contributed by atoms with van der Waals surface area (Å²) >= 11 is 8.44. The zero-order valence-corrected chi connectivity index (χ0v) is 17.8. The molecule has 6 nitrogen and oxygen atoms in total. The van der Waals surface area contributed by atoms with Crippen LogP contribution in [0.2, 0.25) is 5.02 Å². The van der Waals surface area contributed by atoms with Crippen LogP contribution in [0, 0.1) is 5.82 Å². The Morgan fingerprint density at radius 1 is 1.41 bits per heavy atom. The lowest BCUT2D eigenvalue weighted by molar-refractivity contribution is 0.0695. The highest BCUT2D eigenvalue weighted by Gasteiger charge is 2.36. The predicted octanol–water partition coefficient (Wildman–Crippen LogP) is 3.36. The van der Waals surface area contributed by atoms with Gasteiger partial charge in [-0.1, -0.05) is 18.5 Å². The van der Waals surface area contributed by atoms with Crippen LogP contribution in [0.4, 0.5) is 10.1 Å². The van der Waals surface area contributed by atoms with E-state index in [2.05, 4.69) is 5.32 Å². The fourth-order valence-corrected chi connectivity index (χ4v) is 5.42. The summed E-state index contributed by atoms with van der Waals surface area (Å²) in [5.41, 5.74) is -0.349. The monoisotopic (exact) mass is 439 g/mol. The Morgan fingerprint density at radius 3 is 2.72 bits per heavy atom. The summed E-state index contributed by atoms with van der Waals surface area (Å²) in [5.74, 6) is -1.91. The zero-order valence-electron chi connectivity index (χ0n) is 16.2. The highest BCUT2D eigenvalue weighted by Crippen LogP contribution is 2.43. The first kappa shape index (κ1) is 20.5. The molecule has 156 valence electrons. The summed E-state index contributed by atoms with van der Waals surface area (Å²) in [4.78, 5) is 26.1. The van der Waals surface area contributed by atoms with E-state index in [9.17, 15) is 14.7 Å². The van der Waals surface area contributed by atoms with E-state index < -0.39 is 17.2 Å². The molecule has 2 aromatic rings. The molecular weight excluding hydrogens is 417 g/mol. The Hall–Kier alpha value is -1.77. The van der Waals surface area contributed by atoms with Crippen LogP contribution in [0.1, 0.15) is 36.2 Å². The number of rotatable bonds is 6. The molecule has 2 atom stereocenters. The minimum Gasteiger partial charge on any atom is -0.477 e. The van der Waals surface area contributed by atoms with Gasteiger partial charge in [0, 0.05) is 36.6 Å². The van der Waals surface area contributed by atoms with Crippen molar-refractivity contribution in [3.8, 4) is 0 Å². The number of aromatic nitrogens is 1. The zero-order chi connectivity index (χ0) is 20.9. The van der Waals surface area contributed by atoms with Gasteiger partial charge in [-0.2, -0.15) is 11.8 Å². The lowest BCUT2D eigenvalue weighted by Gasteiger charge is -2.23. The molecule has 0 bridgehead atoms. The van der Waals surface area contributed by atoms with E-state index in [1.54, 1.807) is 16.3 Å². The molecule has 0 amide bonds. The van der Waals surface area contributed by atoms with Crippen molar-refractivity contribution >= 4 is 45.9 Å². The largest absolute Gasteiger partial charge is 0.477 e. The molecule has 2 aliphatic rings. The SMILES string of the molecule is CCN[C@@H]1CN(c2c(F)cc3c(=O)c(C(=O)O)cn(C4CC4)c3c2Cl)C[C@H]1SC. The van der Waals surface area contributed by atoms with Crippen molar-refractivity contribution in [3.05, 3.63) is 38.9 Å². The van der Waals surface area contributed by atoms with Gasteiger partial charge in [-0.15, -0.1) is 0 Å². The number of carboxylic acid groups (broad SMARTS) is 1. The number of aromatic carboxylic acids is 1. The number of benzene rings is 1. The molecular formula is C20H23ClFN3O3S. The number of thioether (sulfide) groups is 1. The molecule has 0 spiro atoms. The van der Waals surface area contributed by atoms with Crippen molar-refractivity contribution in [2.24, 2.45) is 0 Å². The van der Waals surface area contributed by atoms with Gasteiger partial charge in [0.25, 0.3) is 0 Å². The van der Waals surface area contributed by atoms with E-state index in [1.807, 2.05) is 18.1 Å². The number of nitrogens with zero attached hydrogens (tertiary/aromatic N) is 2. The van der Waals surface area contributed by atoms with Gasteiger partial charge >= 0.3 is 5.97 Å². The number of halogens is 2. The Labute approximate surface area is 177 Å². The van der Waals surface area contributed by atoms with Gasteiger partial charge in [-0.3, -0.25) is 4.79 Å². The van der Waals surface area contributed by atoms with E-state index in [1.165, 1.54) is 6.20 Å². The average Bonchev–Trinajstić information content (AvgIpc) is 3.44. The summed E-state index contributed by atoms with van der Waals surface area (Å²) in [5, 5.41) is 13.3. The molecule has 9 heteroatoms. The number of hydrogen-bond donors (Lipinski definition) is 2. The van der Waals surface area contributed by atoms with E-state index >= 15 is 4.39 Å². The van der Waals surface area contributed by atoms with Crippen LogP contribution in [0.25, 0.3) is 10.9 Å². The van der Waals surface area contributed by atoms with Crippen molar-refractivity contribution in [3.63, 3.8) is 0 Å². The smallest absolute Gasteiger partial charge is 0.341 e. The van der Waals surface area contributed by atoms with Gasteiger partial charge in [-0.05, 0) is 31.7 Å². The maximum atomic E-state index is 15.2. The van der Waals surface area contributed by atoms with Crippen LogP contribution in [0.5, 0.6) is 0 Å². The first-order valence-corrected chi connectivity index (χ1v) is 11.3. The fraction of sp³-hybridized carbons (Fsp3) is 0.500. The Morgan fingerprint density at radius 2 is 2.14 bits per heavy atom. The van der Waals surface area contributed by atoms with Gasteiger partial charge in [0.05, 0.1) is 21.6 Å². The van der Waals surface area contributed by atoms with Gasteiger partial charge in [0.2, 0.25) is 5.43 Å². The van der Waals surface area contributed by atoms with E-state index in [0.29, 0.717) is 23.9 Å². The number of pyridine rings is 1. The number of nitrogens with one attached hydrogen (secondary N) is 1. The number of carboxylic acids is 1. The van der Waals surface area contributed by atoms with Gasteiger partial charge in [0.15, 0.2) is 0 Å². The first-order chi connectivity index (χ1) is 13.9. The van der Waals surface area contributed by atoms with Crippen molar-refractivity contribution in [2.45, 2.75) is 37.1 Å². The minimum atomic E-state index is -1.32. The van der Waals surface area contributed by atoms with Crippen LogP contribution >= 0.6 is 23.4 Å². The van der Waals surface area contributed by atoms with Gasteiger partial charge in [0.1, 0.15) is 11.4 Å². The van der Waals surface area contributed by atoms with Crippen LogP contribution in [0.3, 0.4) is 0 Å². The quantitative estimate of drug-likeness (QED) is 0.719.